The van der Waals surface area contributed by atoms with E-state index in [0.717, 1.165) is 18.3 Å². The average molecular weight is 206 g/mol. The van der Waals surface area contributed by atoms with Crippen LogP contribution in [0.2, 0.25) is 0 Å². The van der Waals surface area contributed by atoms with Gasteiger partial charge in [0.05, 0.1) is 12.7 Å². The maximum absolute atomic E-state index is 10.8. The summed E-state index contributed by atoms with van der Waals surface area (Å²) in [5.41, 5.74) is 1.46. The number of carbonyl (C=O) groups is 1. The number of ether oxygens (including phenoxy) is 2. The van der Waals surface area contributed by atoms with Crippen LogP contribution >= 0.6 is 0 Å². The Labute approximate surface area is 89.0 Å². The second-order valence-corrected chi connectivity index (χ2v) is 3.58. The molecule has 1 saturated heterocycles. The average Bonchev–Trinajstić information content (AvgIpc) is 2.77. The molecule has 3 heteroatoms. The highest BCUT2D eigenvalue weighted by Crippen LogP contribution is 2.29. The predicted molar refractivity (Wildman–Crippen MR) is 55.7 cm³/mol. The summed E-state index contributed by atoms with van der Waals surface area (Å²) in [7, 11) is 0. The third-order valence-corrected chi connectivity index (χ3v) is 2.58. The van der Waals surface area contributed by atoms with Crippen molar-refractivity contribution in [2.24, 2.45) is 0 Å². The zero-order valence-corrected chi connectivity index (χ0v) is 8.68. The number of benzene rings is 1. The minimum atomic E-state index is -0.378. The summed E-state index contributed by atoms with van der Waals surface area (Å²) in [6.45, 7) is 2.66. The molecule has 0 N–H and O–H groups in total. The molecule has 2 rings (SSSR count). The van der Waals surface area contributed by atoms with Crippen LogP contribution in [0.25, 0.3) is 0 Å². The highest BCUT2D eigenvalue weighted by molar-refractivity contribution is 5.77. The number of aldehydes is 1. The second-order valence-electron chi connectivity index (χ2n) is 3.58. The third-order valence-electron chi connectivity index (χ3n) is 2.58. The molecule has 1 aromatic carbocycles. The molecule has 0 aliphatic carbocycles. The number of carbonyl (C=O) groups excluding carboxylic acids is 1. The molecule has 0 spiro atoms. The summed E-state index contributed by atoms with van der Waals surface area (Å²) >= 11 is 0. The third kappa shape index (κ3) is 2.08. The van der Waals surface area contributed by atoms with Crippen LogP contribution in [0.3, 0.4) is 0 Å². The van der Waals surface area contributed by atoms with Crippen molar-refractivity contribution in [2.75, 3.05) is 6.61 Å². The Bertz CT molecular complexity index is 348. The molecule has 1 aliphatic rings. The van der Waals surface area contributed by atoms with E-state index < -0.39 is 0 Å². The highest BCUT2D eigenvalue weighted by atomic mass is 16.7. The van der Waals surface area contributed by atoms with Crippen molar-refractivity contribution >= 4 is 6.29 Å². The normalized spacial score (nSPS) is 25.4. The minimum Gasteiger partial charge on any atom is -0.346 e. The topological polar surface area (TPSA) is 35.5 Å². The fourth-order valence-corrected chi connectivity index (χ4v) is 1.66. The van der Waals surface area contributed by atoms with E-state index in [1.165, 1.54) is 0 Å². The van der Waals surface area contributed by atoms with Crippen LogP contribution in [0, 0.1) is 0 Å². The van der Waals surface area contributed by atoms with Gasteiger partial charge in [-0.25, -0.2) is 0 Å². The van der Waals surface area contributed by atoms with E-state index in [4.69, 9.17) is 9.47 Å². The molecule has 0 radical (unpaired) electrons. The summed E-state index contributed by atoms with van der Waals surface area (Å²) in [5.74, 6) is 0. The van der Waals surface area contributed by atoms with Gasteiger partial charge in [0.1, 0.15) is 0 Å². The lowest BCUT2D eigenvalue weighted by Crippen LogP contribution is -2.07. The van der Waals surface area contributed by atoms with Gasteiger partial charge in [0.15, 0.2) is 12.6 Å². The van der Waals surface area contributed by atoms with E-state index in [-0.39, 0.29) is 12.4 Å². The standard InChI is InChI=1S/C12H14O3/c1-2-10-8-14-12(15-10)11-6-4-3-5-9(11)7-13/h3-7,10,12H,2,8H2,1H3. The minimum absolute atomic E-state index is 0.148. The first-order valence-electron chi connectivity index (χ1n) is 5.16. The molecule has 1 aliphatic heterocycles. The van der Waals surface area contributed by atoms with Crippen LogP contribution in [0.5, 0.6) is 0 Å². The van der Waals surface area contributed by atoms with E-state index in [2.05, 4.69) is 6.92 Å². The summed E-state index contributed by atoms with van der Waals surface area (Å²) in [5, 5.41) is 0. The van der Waals surface area contributed by atoms with E-state index in [1.54, 1.807) is 6.07 Å². The molecule has 1 aromatic rings. The number of rotatable bonds is 3. The van der Waals surface area contributed by atoms with Gasteiger partial charge in [-0.3, -0.25) is 4.79 Å². The van der Waals surface area contributed by atoms with E-state index in [1.807, 2.05) is 18.2 Å². The van der Waals surface area contributed by atoms with Gasteiger partial charge in [0.25, 0.3) is 0 Å². The van der Waals surface area contributed by atoms with Crippen molar-refractivity contribution < 1.29 is 14.3 Å². The van der Waals surface area contributed by atoms with Crippen LogP contribution in [-0.4, -0.2) is 19.0 Å². The van der Waals surface area contributed by atoms with Crippen molar-refractivity contribution in [3.8, 4) is 0 Å². The molecule has 3 nitrogen and oxygen atoms in total. The molecule has 1 fully saturated rings. The molecule has 15 heavy (non-hydrogen) atoms. The van der Waals surface area contributed by atoms with E-state index in [9.17, 15) is 4.79 Å². The largest absolute Gasteiger partial charge is 0.346 e. The first kappa shape index (κ1) is 10.3. The van der Waals surface area contributed by atoms with E-state index >= 15 is 0 Å². The molecular formula is C12H14O3. The Morgan fingerprint density at radius 2 is 2.27 bits per heavy atom. The molecular weight excluding hydrogens is 192 g/mol. The molecule has 2 atom stereocenters. The van der Waals surface area contributed by atoms with Gasteiger partial charge in [-0.2, -0.15) is 0 Å². The van der Waals surface area contributed by atoms with Crippen molar-refractivity contribution in [1.82, 2.24) is 0 Å². The van der Waals surface area contributed by atoms with E-state index in [0.29, 0.717) is 12.2 Å². The van der Waals surface area contributed by atoms with Crippen LogP contribution in [0.4, 0.5) is 0 Å². The molecule has 80 valence electrons. The van der Waals surface area contributed by atoms with Gasteiger partial charge >= 0.3 is 0 Å². The van der Waals surface area contributed by atoms with Gasteiger partial charge in [0.2, 0.25) is 0 Å². The van der Waals surface area contributed by atoms with Crippen LogP contribution in [0.15, 0.2) is 24.3 Å². The quantitative estimate of drug-likeness (QED) is 0.712. The van der Waals surface area contributed by atoms with Crippen molar-refractivity contribution in [3.05, 3.63) is 35.4 Å². The fraction of sp³-hybridized carbons (Fsp3) is 0.417. The lowest BCUT2D eigenvalue weighted by Gasteiger charge is -2.12. The molecule has 0 saturated carbocycles. The smallest absolute Gasteiger partial charge is 0.185 e. The highest BCUT2D eigenvalue weighted by Gasteiger charge is 2.27. The number of hydrogen-bond acceptors (Lipinski definition) is 3. The van der Waals surface area contributed by atoms with Crippen molar-refractivity contribution in [1.29, 1.82) is 0 Å². The van der Waals surface area contributed by atoms with Crippen LogP contribution < -0.4 is 0 Å². The summed E-state index contributed by atoms with van der Waals surface area (Å²) < 4.78 is 11.2. The maximum atomic E-state index is 10.8. The molecule has 0 aromatic heterocycles. The van der Waals surface area contributed by atoms with Gasteiger partial charge in [-0.05, 0) is 6.42 Å². The molecule has 0 amide bonds. The predicted octanol–water partition coefficient (Wildman–Crippen LogP) is 2.32. The monoisotopic (exact) mass is 206 g/mol. The summed E-state index contributed by atoms with van der Waals surface area (Å²) in [4.78, 5) is 10.8. The first-order chi connectivity index (χ1) is 7.35. The molecule has 0 bridgehead atoms. The van der Waals surface area contributed by atoms with Gasteiger partial charge in [0, 0.05) is 11.1 Å². The number of hydrogen-bond donors (Lipinski definition) is 0. The van der Waals surface area contributed by atoms with Gasteiger partial charge in [-0.1, -0.05) is 31.2 Å². The molecule has 1 heterocycles. The van der Waals surface area contributed by atoms with Crippen molar-refractivity contribution in [2.45, 2.75) is 25.7 Å². The Balaban J connectivity index is 2.19. The Morgan fingerprint density at radius 1 is 1.47 bits per heavy atom. The van der Waals surface area contributed by atoms with Crippen molar-refractivity contribution in [3.63, 3.8) is 0 Å². The second kappa shape index (κ2) is 4.55. The Morgan fingerprint density at radius 3 is 2.93 bits per heavy atom. The maximum Gasteiger partial charge on any atom is 0.185 e. The summed E-state index contributed by atoms with van der Waals surface area (Å²) in [6.07, 6.45) is 1.53. The molecule has 2 unspecified atom stereocenters. The Hall–Kier alpha value is -1.19. The van der Waals surface area contributed by atoms with Gasteiger partial charge < -0.3 is 9.47 Å². The zero-order valence-electron chi connectivity index (χ0n) is 8.68. The lowest BCUT2D eigenvalue weighted by molar-refractivity contribution is -0.0606. The zero-order chi connectivity index (χ0) is 10.7. The van der Waals surface area contributed by atoms with Crippen LogP contribution in [-0.2, 0) is 9.47 Å². The SMILES string of the molecule is CCC1COC(c2ccccc2C=O)O1. The first-order valence-corrected chi connectivity index (χ1v) is 5.16. The summed E-state index contributed by atoms with van der Waals surface area (Å²) in [6, 6.07) is 7.36. The lowest BCUT2D eigenvalue weighted by atomic mass is 10.1. The van der Waals surface area contributed by atoms with Gasteiger partial charge in [-0.15, -0.1) is 0 Å². The fourth-order valence-electron chi connectivity index (χ4n) is 1.66. The Kier molecular flexibility index (Phi) is 3.14. The van der Waals surface area contributed by atoms with Crippen LogP contribution in [0.1, 0.15) is 35.6 Å².